The lowest BCUT2D eigenvalue weighted by Gasteiger charge is -2.18. The molecule has 0 atom stereocenters. The van der Waals surface area contributed by atoms with E-state index in [1.165, 1.54) is 5.56 Å². The van der Waals surface area contributed by atoms with Crippen LogP contribution in [0.4, 0.5) is 0 Å². The molecule has 3 nitrogen and oxygen atoms in total. The predicted octanol–water partition coefficient (Wildman–Crippen LogP) is 3.86. The van der Waals surface area contributed by atoms with Crippen molar-refractivity contribution in [3.63, 3.8) is 0 Å². The third kappa shape index (κ3) is 3.47. The van der Waals surface area contributed by atoms with Crippen LogP contribution in [0.15, 0.2) is 36.4 Å². The number of hydrogen-bond donors (Lipinski definition) is 1. The topological polar surface area (TPSA) is 42.0 Å². The summed E-state index contributed by atoms with van der Waals surface area (Å²) in [7, 11) is 0. The van der Waals surface area contributed by atoms with Gasteiger partial charge in [0.15, 0.2) is 0 Å². The molecular weight excluding hydrogens is 296 g/mol. The molecule has 2 aromatic rings. The molecule has 1 amide bonds. The van der Waals surface area contributed by atoms with Crippen LogP contribution in [-0.2, 0) is 6.42 Å². The molecule has 0 radical (unpaired) electrons. The Bertz CT molecular complexity index is 685. The number of carbonyl (C=O) groups excluding carboxylic acids is 1. The van der Waals surface area contributed by atoms with Gasteiger partial charge in [0.25, 0.3) is 5.91 Å². The van der Waals surface area contributed by atoms with E-state index in [4.69, 9.17) is 11.6 Å². The van der Waals surface area contributed by atoms with Gasteiger partial charge in [0, 0.05) is 27.5 Å². The van der Waals surface area contributed by atoms with Crippen molar-refractivity contribution in [3.05, 3.63) is 63.9 Å². The summed E-state index contributed by atoms with van der Waals surface area (Å²) >= 11 is 5.92. The largest absolute Gasteiger partial charge is 0.346 e. The Morgan fingerprint density at radius 2 is 1.77 bits per heavy atom. The zero-order valence-electron chi connectivity index (χ0n) is 12.8. The van der Waals surface area contributed by atoms with Gasteiger partial charge in [0.1, 0.15) is 0 Å². The minimum Gasteiger partial charge on any atom is -0.346 e. The van der Waals surface area contributed by atoms with Gasteiger partial charge in [-0.15, -0.1) is 0 Å². The fourth-order valence-electron chi connectivity index (χ4n) is 2.77. The molecule has 0 spiro atoms. The molecule has 3 rings (SSSR count). The van der Waals surface area contributed by atoms with Gasteiger partial charge in [-0.2, -0.15) is 0 Å². The average Bonchev–Trinajstić information content (AvgIpc) is 3.20. The molecule has 22 heavy (non-hydrogen) atoms. The summed E-state index contributed by atoms with van der Waals surface area (Å²) in [5, 5.41) is 3.94. The fraction of sp³-hybridized carbons (Fsp3) is 0.333. The molecule has 0 saturated heterocycles. The average molecular weight is 315 g/mol. The smallest absolute Gasteiger partial charge is 0.251 e. The number of benzene rings is 1. The zero-order valence-corrected chi connectivity index (χ0v) is 13.6. The molecule has 0 unspecified atom stereocenters. The van der Waals surface area contributed by atoms with Gasteiger partial charge in [0.2, 0.25) is 0 Å². The van der Waals surface area contributed by atoms with E-state index in [2.05, 4.69) is 10.3 Å². The summed E-state index contributed by atoms with van der Waals surface area (Å²) in [6.07, 6.45) is 2.88. The van der Waals surface area contributed by atoms with E-state index < -0.39 is 0 Å². The first kappa shape index (κ1) is 15.0. The highest BCUT2D eigenvalue weighted by atomic mass is 35.5. The highest BCUT2D eigenvalue weighted by molar-refractivity contribution is 6.30. The molecule has 1 aliphatic rings. The van der Waals surface area contributed by atoms with Crippen LogP contribution in [0.25, 0.3) is 0 Å². The predicted molar refractivity (Wildman–Crippen MR) is 88.3 cm³/mol. The van der Waals surface area contributed by atoms with E-state index >= 15 is 0 Å². The van der Waals surface area contributed by atoms with E-state index in [1.54, 1.807) is 0 Å². The van der Waals surface area contributed by atoms with Gasteiger partial charge in [-0.1, -0.05) is 23.7 Å². The zero-order chi connectivity index (χ0) is 15.7. The maximum Gasteiger partial charge on any atom is 0.251 e. The van der Waals surface area contributed by atoms with Gasteiger partial charge in [0.05, 0.1) is 0 Å². The number of nitrogens with one attached hydrogen (secondary N) is 1. The lowest BCUT2D eigenvalue weighted by molar-refractivity contribution is 0.0931. The van der Waals surface area contributed by atoms with Crippen molar-refractivity contribution in [2.75, 3.05) is 0 Å². The molecule has 1 aliphatic carbocycles. The van der Waals surface area contributed by atoms with Crippen LogP contribution in [0.5, 0.6) is 0 Å². The Hall–Kier alpha value is -1.87. The molecule has 0 aliphatic heterocycles. The Kier molecular flexibility index (Phi) is 3.92. The Labute approximate surface area is 135 Å². The molecule has 1 N–H and O–H groups in total. The second-order valence-electron chi connectivity index (χ2n) is 6.18. The molecule has 1 fully saturated rings. The first-order chi connectivity index (χ1) is 10.5. The fourth-order valence-corrected chi connectivity index (χ4v) is 2.89. The Morgan fingerprint density at radius 3 is 2.32 bits per heavy atom. The third-order valence-electron chi connectivity index (χ3n) is 4.03. The third-order valence-corrected chi connectivity index (χ3v) is 4.28. The Morgan fingerprint density at radius 1 is 1.18 bits per heavy atom. The number of halogens is 1. The van der Waals surface area contributed by atoms with Crippen molar-refractivity contribution in [2.45, 2.75) is 38.6 Å². The van der Waals surface area contributed by atoms with Gasteiger partial charge in [-0.05, 0) is 62.9 Å². The van der Waals surface area contributed by atoms with Crippen LogP contribution in [0.2, 0.25) is 5.02 Å². The second kappa shape index (κ2) is 5.73. The normalized spacial score (nSPS) is 15.4. The number of hydrogen-bond acceptors (Lipinski definition) is 2. The summed E-state index contributed by atoms with van der Waals surface area (Å²) in [6.45, 7) is 3.81. The molecule has 1 aromatic carbocycles. The van der Waals surface area contributed by atoms with E-state index in [0.717, 1.165) is 35.7 Å². The number of pyridine rings is 1. The molecule has 1 saturated carbocycles. The Balaban J connectivity index is 1.71. The summed E-state index contributed by atoms with van der Waals surface area (Å²) in [5.41, 5.74) is 3.52. The van der Waals surface area contributed by atoms with Gasteiger partial charge < -0.3 is 5.32 Å². The van der Waals surface area contributed by atoms with Crippen molar-refractivity contribution in [1.29, 1.82) is 0 Å². The number of amides is 1. The number of aryl methyl sites for hydroxylation is 2. The van der Waals surface area contributed by atoms with E-state index in [9.17, 15) is 4.79 Å². The number of nitrogens with zero attached hydrogens (tertiary/aromatic N) is 1. The maximum atomic E-state index is 12.5. The minimum atomic E-state index is -0.101. The summed E-state index contributed by atoms with van der Waals surface area (Å²) in [5.74, 6) is -0.0138. The van der Waals surface area contributed by atoms with Gasteiger partial charge in [-0.3, -0.25) is 9.78 Å². The van der Waals surface area contributed by atoms with Crippen LogP contribution in [0.3, 0.4) is 0 Å². The van der Waals surface area contributed by atoms with Crippen LogP contribution in [-0.4, -0.2) is 16.4 Å². The maximum absolute atomic E-state index is 12.5. The number of rotatable bonds is 4. The van der Waals surface area contributed by atoms with Gasteiger partial charge >= 0.3 is 0 Å². The van der Waals surface area contributed by atoms with Crippen molar-refractivity contribution in [2.24, 2.45) is 0 Å². The highest BCUT2D eigenvalue weighted by Crippen LogP contribution is 2.39. The minimum absolute atomic E-state index is 0.0138. The van der Waals surface area contributed by atoms with Crippen LogP contribution in [0, 0.1) is 13.8 Å². The summed E-state index contributed by atoms with van der Waals surface area (Å²) in [6, 6.07) is 11.5. The molecule has 4 heteroatoms. The van der Waals surface area contributed by atoms with Crippen LogP contribution in [0.1, 0.15) is 40.2 Å². The quantitative estimate of drug-likeness (QED) is 0.931. The van der Waals surface area contributed by atoms with Gasteiger partial charge in [-0.25, -0.2) is 0 Å². The van der Waals surface area contributed by atoms with Crippen molar-refractivity contribution in [3.8, 4) is 0 Å². The van der Waals surface area contributed by atoms with E-state index in [0.29, 0.717) is 5.56 Å². The SMILES string of the molecule is Cc1cc(C(=O)NC2(Cc3ccc(Cl)cc3)CC2)cc(C)n1. The molecule has 1 aromatic heterocycles. The molecule has 114 valence electrons. The molecule has 1 heterocycles. The monoisotopic (exact) mass is 314 g/mol. The summed E-state index contributed by atoms with van der Waals surface area (Å²) in [4.78, 5) is 16.8. The van der Waals surface area contributed by atoms with Crippen LogP contribution < -0.4 is 5.32 Å². The van der Waals surface area contributed by atoms with E-state index in [1.807, 2.05) is 50.2 Å². The molecular formula is C18H19ClN2O. The lowest BCUT2D eigenvalue weighted by Crippen LogP contribution is -2.38. The summed E-state index contributed by atoms with van der Waals surface area (Å²) < 4.78 is 0. The molecule has 0 bridgehead atoms. The number of aromatic nitrogens is 1. The highest BCUT2D eigenvalue weighted by Gasteiger charge is 2.44. The van der Waals surface area contributed by atoms with Crippen molar-refractivity contribution >= 4 is 17.5 Å². The van der Waals surface area contributed by atoms with Crippen molar-refractivity contribution < 1.29 is 4.79 Å². The lowest BCUT2D eigenvalue weighted by atomic mass is 10.0. The first-order valence-corrected chi connectivity index (χ1v) is 7.86. The van der Waals surface area contributed by atoms with E-state index in [-0.39, 0.29) is 11.4 Å². The van der Waals surface area contributed by atoms with Crippen molar-refractivity contribution in [1.82, 2.24) is 10.3 Å². The first-order valence-electron chi connectivity index (χ1n) is 7.48. The van der Waals surface area contributed by atoms with Crippen LogP contribution >= 0.6 is 11.6 Å². The second-order valence-corrected chi connectivity index (χ2v) is 6.61. The number of carbonyl (C=O) groups is 1. The standard InChI is InChI=1S/C18H19ClN2O/c1-12-9-15(10-13(2)20-12)17(22)21-18(7-8-18)11-14-3-5-16(19)6-4-14/h3-6,9-10H,7-8,11H2,1-2H3,(H,21,22).